The summed E-state index contributed by atoms with van der Waals surface area (Å²) in [6.45, 7) is 4.39. The fraction of sp³-hybridized carbons (Fsp3) is 0.500. The number of rotatable bonds is 5. The van der Waals surface area contributed by atoms with E-state index in [0.29, 0.717) is 16.8 Å². The third kappa shape index (κ3) is 4.72. The molecule has 17 heavy (non-hydrogen) atoms. The van der Waals surface area contributed by atoms with Gasteiger partial charge in [0.25, 0.3) is 0 Å². The molecule has 0 aromatic carbocycles. The zero-order valence-electron chi connectivity index (χ0n) is 10.2. The highest BCUT2D eigenvalue weighted by Crippen LogP contribution is 2.14. The molecule has 1 aromatic rings. The molecule has 0 radical (unpaired) electrons. The lowest BCUT2D eigenvalue weighted by Gasteiger charge is -2.13. The summed E-state index contributed by atoms with van der Waals surface area (Å²) in [7, 11) is 0. The van der Waals surface area contributed by atoms with Crippen molar-refractivity contribution in [2.75, 3.05) is 6.54 Å². The Labute approximate surface area is 101 Å². The van der Waals surface area contributed by atoms with E-state index in [1.54, 1.807) is 19.1 Å². The Balaban J connectivity index is 2.43. The third-order valence-corrected chi connectivity index (χ3v) is 2.35. The average molecular weight is 238 g/mol. The summed E-state index contributed by atoms with van der Waals surface area (Å²) in [6, 6.07) is 3.37. The minimum Gasteiger partial charge on any atom is -0.619 e. The first-order valence-electron chi connectivity index (χ1n) is 5.76. The number of aromatic nitrogens is 1. The molecule has 1 heterocycles. The molecule has 0 aliphatic rings. The minimum atomic E-state index is -0.452. The predicted molar refractivity (Wildman–Crippen MR) is 63.2 cm³/mol. The van der Waals surface area contributed by atoms with E-state index >= 15 is 0 Å². The molecule has 1 rings (SSSR count). The molecule has 0 spiro atoms. The molecule has 5 nitrogen and oxygen atoms in total. The summed E-state index contributed by atoms with van der Waals surface area (Å²) < 4.78 is 5.82. The van der Waals surface area contributed by atoms with Gasteiger partial charge in [0, 0.05) is 12.6 Å². The molecular weight excluding hydrogens is 220 g/mol. The molecular formula is C12H18N2O3. The van der Waals surface area contributed by atoms with Crippen molar-refractivity contribution in [3.05, 3.63) is 35.3 Å². The lowest BCUT2D eigenvalue weighted by molar-refractivity contribution is -0.606. The highest BCUT2D eigenvalue weighted by molar-refractivity contribution is 5.67. The zero-order chi connectivity index (χ0) is 12.7. The molecule has 0 aliphatic heterocycles. The van der Waals surface area contributed by atoms with Crippen molar-refractivity contribution in [1.82, 2.24) is 5.32 Å². The molecule has 1 amide bonds. The van der Waals surface area contributed by atoms with Crippen LogP contribution in [-0.2, 0) is 4.74 Å². The van der Waals surface area contributed by atoms with Crippen LogP contribution in [0.3, 0.4) is 0 Å². The van der Waals surface area contributed by atoms with Crippen LogP contribution in [-0.4, -0.2) is 12.6 Å². The van der Waals surface area contributed by atoms with E-state index in [1.165, 1.54) is 12.4 Å². The topological polar surface area (TPSA) is 65.3 Å². The molecule has 94 valence electrons. The van der Waals surface area contributed by atoms with Gasteiger partial charge in [-0.1, -0.05) is 13.3 Å². The van der Waals surface area contributed by atoms with Gasteiger partial charge in [-0.3, -0.25) is 0 Å². The van der Waals surface area contributed by atoms with Crippen LogP contribution < -0.4 is 10.0 Å². The third-order valence-electron chi connectivity index (χ3n) is 2.35. The van der Waals surface area contributed by atoms with E-state index in [2.05, 4.69) is 5.32 Å². The Morgan fingerprint density at radius 1 is 1.65 bits per heavy atom. The first-order valence-corrected chi connectivity index (χ1v) is 5.76. The van der Waals surface area contributed by atoms with E-state index in [9.17, 15) is 10.0 Å². The van der Waals surface area contributed by atoms with E-state index in [4.69, 9.17) is 4.74 Å². The summed E-state index contributed by atoms with van der Waals surface area (Å²) in [5, 5.41) is 13.7. The van der Waals surface area contributed by atoms with Crippen LogP contribution in [0.2, 0.25) is 0 Å². The normalized spacial score (nSPS) is 11.9. The summed E-state index contributed by atoms with van der Waals surface area (Å²) >= 11 is 0. The van der Waals surface area contributed by atoms with Gasteiger partial charge in [-0.05, 0) is 19.4 Å². The second-order valence-electron chi connectivity index (χ2n) is 3.83. The van der Waals surface area contributed by atoms with Gasteiger partial charge < -0.3 is 15.3 Å². The SMILES string of the molecule is CCCCNC(=O)OC(C)c1ccc[n+]([O-])c1. The Morgan fingerprint density at radius 3 is 3.06 bits per heavy atom. The number of nitrogens with zero attached hydrogens (tertiary/aromatic N) is 1. The number of carbonyl (C=O) groups is 1. The summed E-state index contributed by atoms with van der Waals surface area (Å²) in [5.74, 6) is 0. The van der Waals surface area contributed by atoms with Gasteiger partial charge >= 0.3 is 6.09 Å². The standard InChI is InChI=1S/C12H18N2O3/c1-3-4-7-13-12(15)17-10(2)11-6-5-8-14(16)9-11/h5-6,8-10H,3-4,7H2,1-2H3,(H,13,15). The van der Waals surface area contributed by atoms with Crippen LogP contribution >= 0.6 is 0 Å². The van der Waals surface area contributed by atoms with Crippen molar-refractivity contribution in [2.24, 2.45) is 0 Å². The molecule has 1 aromatic heterocycles. The molecule has 0 saturated carbocycles. The number of hydrogen-bond acceptors (Lipinski definition) is 3. The summed E-state index contributed by atoms with van der Waals surface area (Å²) in [6.07, 6.45) is 3.84. The van der Waals surface area contributed by atoms with Crippen molar-refractivity contribution < 1.29 is 14.3 Å². The van der Waals surface area contributed by atoms with Crippen LogP contribution in [0.5, 0.6) is 0 Å². The molecule has 5 heteroatoms. The van der Waals surface area contributed by atoms with Gasteiger partial charge in [-0.2, -0.15) is 4.73 Å². The first-order chi connectivity index (χ1) is 8.13. The van der Waals surface area contributed by atoms with Crippen molar-refractivity contribution in [2.45, 2.75) is 32.8 Å². The Kier molecular flexibility index (Phi) is 5.26. The highest BCUT2D eigenvalue weighted by atomic mass is 16.6. The minimum absolute atomic E-state index is 0.432. The molecule has 1 N–H and O–H groups in total. The Morgan fingerprint density at radius 2 is 2.41 bits per heavy atom. The summed E-state index contributed by atoms with van der Waals surface area (Å²) in [4.78, 5) is 11.4. The molecule has 0 aliphatic carbocycles. The second-order valence-corrected chi connectivity index (χ2v) is 3.83. The fourth-order valence-corrected chi connectivity index (χ4v) is 1.35. The number of carbonyl (C=O) groups excluding carboxylic acids is 1. The van der Waals surface area contributed by atoms with Crippen molar-refractivity contribution in [3.63, 3.8) is 0 Å². The van der Waals surface area contributed by atoms with Crippen LogP contribution in [0.25, 0.3) is 0 Å². The highest BCUT2D eigenvalue weighted by Gasteiger charge is 2.13. The van der Waals surface area contributed by atoms with Gasteiger partial charge in [0.2, 0.25) is 0 Å². The van der Waals surface area contributed by atoms with Gasteiger partial charge in [0.1, 0.15) is 6.10 Å². The lowest BCUT2D eigenvalue weighted by Crippen LogP contribution is -2.28. The zero-order valence-corrected chi connectivity index (χ0v) is 10.2. The number of unbranched alkanes of at least 4 members (excludes halogenated alkanes) is 1. The van der Waals surface area contributed by atoms with E-state index in [0.717, 1.165) is 12.8 Å². The number of pyridine rings is 1. The number of ether oxygens (including phenoxy) is 1. The molecule has 1 unspecified atom stereocenters. The quantitative estimate of drug-likeness (QED) is 0.484. The number of hydrogen-bond donors (Lipinski definition) is 1. The number of amides is 1. The van der Waals surface area contributed by atoms with Crippen molar-refractivity contribution >= 4 is 6.09 Å². The van der Waals surface area contributed by atoms with Crippen LogP contribution in [0.4, 0.5) is 4.79 Å². The molecule has 0 saturated heterocycles. The molecule has 1 atom stereocenters. The van der Waals surface area contributed by atoms with Gasteiger partial charge in [0.05, 0.1) is 5.56 Å². The first kappa shape index (κ1) is 13.3. The van der Waals surface area contributed by atoms with Gasteiger partial charge in [-0.25, -0.2) is 4.79 Å². The largest absolute Gasteiger partial charge is 0.619 e. The predicted octanol–water partition coefficient (Wildman–Crippen LogP) is 1.91. The Bertz CT molecular complexity index is 369. The smallest absolute Gasteiger partial charge is 0.407 e. The summed E-state index contributed by atoms with van der Waals surface area (Å²) in [5.41, 5.74) is 0.674. The maximum absolute atomic E-state index is 11.4. The fourth-order valence-electron chi connectivity index (χ4n) is 1.35. The van der Waals surface area contributed by atoms with Gasteiger partial charge in [-0.15, -0.1) is 0 Å². The van der Waals surface area contributed by atoms with E-state index in [1.807, 2.05) is 6.92 Å². The van der Waals surface area contributed by atoms with E-state index in [-0.39, 0.29) is 0 Å². The monoisotopic (exact) mass is 238 g/mol. The van der Waals surface area contributed by atoms with Crippen LogP contribution in [0.15, 0.2) is 24.5 Å². The maximum atomic E-state index is 11.4. The number of alkyl carbamates (subject to hydrolysis) is 1. The molecule has 0 bridgehead atoms. The van der Waals surface area contributed by atoms with Crippen LogP contribution in [0, 0.1) is 5.21 Å². The average Bonchev–Trinajstić information content (AvgIpc) is 2.29. The lowest BCUT2D eigenvalue weighted by atomic mass is 10.2. The Hall–Kier alpha value is -1.78. The van der Waals surface area contributed by atoms with Gasteiger partial charge in [0.15, 0.2) is 12.4 Å². The molecule has 0 fully saturated rings. The van der Waals surface area contributed by atoms with E-state index < -0.39 is 12.2 Å². The van der Waals surface area contributed by atoms with Crippen molar-refractivity contribution in [3.8, 4) is 0 Å². The second kappa shape index (κ2) is 6.73. The van der Waals surface area contributed by atoms with Crippen molar-refractivity contribution in [1.29, 1.82) is 0 Å². The maximum Gasteiger partial charge on any atom is 0.407 e. The van der Waals surface area contributed by atoms with Crippen LogP contribution in [0.1, 0.15) is 38.4 Å². The number of nitrogens with one attached hydrogen (secondary N) is 1.